The van der Waals surface area contributed by atoms with Gasteiger partial charge in [0.1, 0.15) is 5.76 Å². The Morgan fingerprint density at radius 1 is 1.16 bits per heavy atom. The van der Waals surface area contributed by atoms with Gasteiger partial charge in [-0.2, -0.15) is 0 Å². The van der Waals surface area contributed by atoms with E-state index in [-0.39, 0.29) is 5.76 Å². The fraction of sp³-hybridized carbons (Fsp3) is 0.333. The summed E-state index contributed by atoms with van der Waals surface area (Å²) in [6.07, 6.45) is 2.55. The average Bonchev–Trinajstić information content (AvgIpc) is 2.45. The largest absolute Gasteiger partial charge is 0.507 e. The molecule has 0 fully saturated rings. The zero-order valence-electron chi connectivity index (χ0n) is 11.4. The Kier molecular flexibility index (Phi) is 5.30. The van der Waals surface area contributed by atoms with Crippen LogP contribution in [0.3, 0.4) is 0 Å². The number of methoxy groups -OCH3 is 1. The van der Waals surface area contributed by atoms with Gasteiger partial charge in [-0.1, -0.05) is 19.9 Å². The number of aliphatic hydroxyl groups excluding tert-OH is 1. The summed E-state index contributed by atoms with van der Waals surface area (Å²) < 4.78 is 4.29. The molecule has 1 N–H and O–H groups in total. The van der Waals surface area contributed by atoms with E-state index in [4.69, 9.17) is 0 Å². The maximum Gasteiger partial charge on any atom is 0.378 e. The molecule has 0 unspecified atom stereocenters. The zero-order valence-corrected chi connectivity index (χ0v) is 11.4. The summed E-state index contributed by atoms with van der Waals surface area (Å²) >= 11 is 0. The molecular weight excluding hydrogens is 244 g/mol. The number of ketones is 1. The Morgan fingerprint density at radius 3 is 2.11 bits per heavy atom. The summed E-state index contributed by atoms with van der Waals surface area (Å²) in [5.41, 5.74) is 2.67. The summed E-state index contributed by atoms with van der Waals surface area (Å²) in [6, 6.07) is 5.66. The maximum absolute atomic E-state index is 11.4. The third-order valence-corrected chi connectivity index (χ3v) is 2.82. The highest BCUT2D eigenvalue weighted by molar-refractivity contribution is 6.39. The number of esters is 1. The molecule has 0 aliphatic heterocycles. The second-order valence-corrected chi connectivity index (χ2v) is 4.13. The van der Waals surface area contributed by atoms with Crippen molar-refractivity contribution in [2.24, 2.45) is 0 Å². The number of hydrogen-bond donors (Lipinski definition) is 1. The molecule has 1 aromatic carbocycles. The van der Waals surface area contributed by atoms with Gasteiger partial charge in [-0.15, -0.1) is 0 Å². The first-order chi connectivity index (χ1) is 9.01. The van der Waals surface area contributed by atoms with Crippen LogP contribution in [0.25, 0.3) is 5.76 Å². The third kappa shape index (κ3) is 3.95. The molecule has 0 spiro atoms. The monoisotopic (exact) mass is 262 g/mol. The molecule has 0 aliphatic carbocycles. The molecule has 0 radical (unpaired) electrons. The van der Waals surface area contributed by atoms with E-state index in [1.165, 1.54) is 0 Å². The van der Waals surface area contributed by atoms with Crippen LogP contribution in [-0.2, 0) is 27.2 Å². The Balaban J connectivity index is 3.11. The molecule has 0 atom stereocenters. The summed E-state index contributed by atoms with van der Waals surface area (Å²) in [5, 5.41) is 9.91. The number of hydrogen-bond acceptors (Lipinski definition) is 4. The lowest BCUT2D eigenvalue weighted by atomic mass is 10.0. The van der Waals surface area contributed by atoms with E-state index in [2.05, 4.69) is 10.8 Å². The second kappa shape index (κ2) is 6.73. The van der Waals surface area contributed by atoms with Crippen molar-refractivity contribution in [3.8, 4) is 0 Å². The van der Waals surface area contributed by atoms with Crippen molar-refractivity contribution in [1.82, 2.24) is 0 Å². The molecule has 0 aliphatic rings. The molecule has 4 heteroatoms. The minimum atomic E-state index is -0.992. The van der Waals surface area contributed by atoms with Gasteiger partial charge in [0.05, 0.1) is 7.11 Å². The van der Waals surface area contributed by atoms with Crippen molar-refractivity contribution < 1.29 is 19.4 Å². The van der Waals surface area contributed by atoms with Crippen LogP contribution in [-0.4, -0.2) is 24.0 Å². The number of carbonyl (C=O) groups excluding carboxylic acids is 2. The molecule has 1 rings (SSSR count). The van der Waals surface area contributed by atoms with E-state index < -0.39 is 11.8 Å². The molecule has 0 bridgehead atoms. The first-order valence-corrected chi connectivity index (χ1v) is 6.17. The predicted octanol–water partition coefficient (Wildman–Crippen LogP) is 2.45. The van der Waals surface area contributed by atoms with Gasteiger partial charge in [0, 0.05) is 11.6 Å². The van der Waals surface area contributed by atoms with E-state index in [1.54, 1.807) is 12.1 Å². The molecule has 0 aromatic heterocycles. The summed E-state index contributed by atoms with van der Waals surface area (Å²) in [7, 11) is 1.12. The van der Waals surface area contributed by atoms with Gasteiger partial charge in [0.15, 0.2) is 0 Å². The molecule has 0 saturated heterocycles. The van der Waals surface area contributed by atoms with Crippen molar-refractivity contribution in [3.63, 3.8) is 0 Å². The number of benzene rings is 1. The lowest BCUT2D eigenvalue weighted by Crippen LogP contribution is -2.13. The summed E-state index contributed by atoms with van der Waals surface area (Å²) in [5.74, 6) is -2.09. The van der Waals surface area contributed by atoms with E-state index in [0.717, 1.165) is 37.2 Å². The van der Waals surface area contributed by atoms with Gasteiger partial charge in [0.2, 0.25) is 0 Å². The fourth-order valence-electron chi connectivity index (χ4n) is 1.69. The Morgan fingerprint density at radius 2 is 1.68 bits per heavy atom. The van der Waals surface area contributed by atoms with Crippen LogP contribution in [0, 0.1) is 0 Å². The zero-order chi connectivity index (χ0) is 14.4. The lowest BCUT2D eigenvalue weighted by Gasteiger charge is -2.07. The van der Waals surface area contributed by atoms with Crippen molar-refractivity contribution in [2.45, 2.75) is 26.7 Å². The Hall–Kier alpha value is -2.10. The van der Waals surface area contributed by atoms with Gasteiger partial charge >= 0.3 is 5.97 Å². The minimum Gasteiger partial charge on any atom is -0.507 e. The summed E-state index contributed by atoms with van der Waals surface area (Å²) in [6.45, 7) is 4.03. The van der Waals surface area contributed by atoms with Gasteiger partial charge in [0.25, 0.3) is 5.78 Å². The van der Waals surface area contributed by atoms with Crippen LogP contribution < -0.4 is 0 Å². The highest BCUT2D eigenvalue weighted by atomic mass is 16.5. The first kappa shape index (κ1) is 15.0. The molecule has 19 heavy (non-hydrogen) atoms. The van der Waals surface area contributed by atoms with Crippen molar-refractivity contribution >= 4 is 17.5 Å². The van der Waals surface area contributed by atoms with Crippen LogP contribution in [0.1, 0.15) is 30.5 Å². The van der Waals surface area contributed by atoms with E-state index in [1.807, 2.05) is 13.8 Å². The molecule has 102 valence electrons. The number of ether oxygens (including phenoxy) is 1. The number of aryl methyl sites for hydroxylation is 2. The normalized spacial score (nSPS) is 11.2. The smallest absolute Gasteiger partial charge is 0.378 e. The van der Waals surface area contributed by atoms with E-state index in [0.29, 0.717) is 5.56 Å². The number of carbonyl (C=O) groups is 2. The lowest BCUT2D eigenvalue weighted by molar-refractivity contribution is -0.149. The predicted molar refractivity (Wildman–Crippen MR) is 72.8 cm³/mol. The SMILES string of the molecule is CCc1cc(CC)cc(C(O)=CC(=O)C(=O)OC)c1. The topological polar surface area (TPSA) is 63.6 Å². The molecule has 0 heterocycles. The minimum absolute atomic E-state index is 0.222. The van der Waals surface area contributed by atoms with Gasteiger partial charge in [-0.3, -0.25) is 4.79 Å². The molecule has 4 nitrogen and oxygen atoms in total. The van der Waals surface area contributed by atoms with Gasteiger partial charge < -0.3 is 9.84 Å². The van der Waals surface area contributed by atoms with Crippen LogP contribution >= 0.6 is 0 Å². The quantitative estimate of drug-likeness (QED) is 0.383. The molecule has 1 aromatic rings. The average molecular weight is 262 g/mol. The van der Waals surface area contributed by atoms with Crippen LogP contribution in [0.5, 0.6) is 0 Å². The molecule has 0 saturated carbocycles. The summed E-state index contributed by atoms with van der Waals surface area (Å²) in [4.78, 5) is 22.4. The van der Waals surface area contributed by atoms with Crippen molar-refractivity contribution in [2.75, 3.05) is 7.11 Å². The Bertz CT molecular complexity index is 493. The number of rotatable bonds is 5. The fourth-order valence-corrected chi connectivity index (χ4v) is 1.69. The Labute approximate surface area is 112 Å². The van der Waals surface area contributed by atoms with Gasteiger partial charge in [-0.05, 0) is 36.1 Å². The highest BCUT2D eigenvalue weighted by Crippen LogP contribution is 2.18. The maximum atomic E-state index is 11.4. The van der Waals surface area contributed by atoms with E-state index >= 15 is 0 Å². The first-order valence-electron chi connectivity index (χ1n) is 6.17. The van der Waals surface area contributed by atoms with Crippen LogP contribution in [0.4, 0.5) is 0 Å². The molecular formula is C15H18O4. The third-order valence-electron chi connectivity index (χ3n) is 2.82. The van der Waals surface area contributed by atoms with Crippen molar-refractivity contribution in [3.05, 3.63) is 41.0 Å². The molecule has 0 amide bonds. The van der Waals surface area contributed by atoms with E-state index in [9.17, 15) is 14.7 Å². The second-order valence-electron chi connectivity index (χ2n) is 4.13. The van der Waals surface area contributed by atoms with Gasteiger partial charge in [-0.25, -0.2) is 4.79 Å². The van der Waals surface area contributed by atoms with Crippen LogP contribution in [0.15, 0.2) is 24.3 Å². The van der Waals surface area contributed by atoms with Crippen molar-refractivity contribution in [1.29, 1.82) is 0 Å². The highest BCUT2D eigenvalue weighted by Gasteiger charge is 2.13. The number of aliphatic hydroxyl groups is 1. The standard InChI is InChI=1S/C15H18O4/c1-4-10-6-11(5-2)8-12(7-10)13(16)9-14(17)15(18)19-3/h6-9,16H,4-5H2,1-3H3. The van der Waals surface area contributed by atoms with Crippen LogP contribution in [0.2, 0.25) is 0 Å².